The molecule has 0 aliphatic heterocycles. The van der Waals surface area contributed by atoms with E-state index < -0.39 is 10.0 Å². The fraction of sp³-hybridized carbons (Fsp3) is 0.158. The van der Waals surface area contributed by atoms with Crippen molar-refractivity contribution in [2.45, 2.75) is 17.2 Å². The minimum absolute atomic E-state index is 0.00500. The highest BCUT2D eigenvalue weighted by Crippen LogP contribution is 2.21. The molecule has 0 atom stereocenters. The molecule has 0 saturated heterocycles. The van der Waals surface area contributed by atoms with Gasteiger partial charge in [0.25, 0.3) is 5.91 Å². The molecular formula is C19H17N3O3S3. The average molecular weight is 432 g/mol. The number of nitrogens with zero attached hydrogens (tertiary/aromatic N) is 2. The molecule has 0 fully saturated rings. The van der Waals surface area contributed by atoms with Gasteiger partial charge in [-0.15, -0.1) is 18.2 Å². The minimum atomic E-state index is -3.82. The molecule has 3 aromatic rings. The number of hydrogen-bond donors (Lipinski definition) is 1. The van der Waals surface area contributed by atoms with Crippen molar-refractivity contribution in [2.24, 2.45) is 10.1 Å². The molecule has 9 heteroatoms. The Labute approximate surface area is 171 Å². The van der Waals surface area contributed by atoms with Crippen LogP contribution in [0.4, 0.5) is 0 Å². The van der Waals surface area contributed by atoms with Gasteiger partial charge in [-0.25, -0.2) is 13.6 Å². The molecule has 1 amide bonds. The van der Waals surface area contributed by atoms with E-state index in [-0.39, 0.29) is 23.1 Å². The first-order valence-electron chi connectivity index (χ1n) is 8.17. The largest absolute Gasteiger partial charge is 0.305 e. The van der Waals surface area contributed by atoms with E-state index in [1.54, 1.807) is 10.6 Å². The van der Waals surface area contributed by atoms with Crippen LogP contribution in [-0.4, -0.2) is 24.6 Å². The lowest BCUT2D eigenvalue weighted by Crippen LogP contribution is -2.17. The Morgan fingerprint density at radius 1 is 1.25 bits per heavy atom. The topological polar surface area (TPSA) is 94.5 Å². The second-order valence-electron chi connectivity index (χ2n) is 5.83. The maximum atomic E-state index is 12.3. The molecular weight excluding hydrogens is 414 g/mol. The smallest absolute Gasteiger partial charge is 0.258 e. The van der Waals surface area contributed by atoms with E-state index in [2.05, 4.69) is 10.9 Å². The fourth-order valence-electron chi connectivity index (χ4n) is 2.53. The Hall–Kier alpha value is -2.38. The van der Waals surface area contributed by atoms with Gasteiger partial charge in [-0.2, -0.15) is 4.99 Å². The molecule has 28 heavy (non-hydrogen) atoms. The Bertz CT molecular complexity index is 1220. The Morgan fingerprint density at radius 2 is 2.00 bits per heavy atom. The molecule has 0 spiro atoms. The molecule has 2 aromatic carbocycles. The van der Waals surface area contributed by atoms with E-state index in [0.717, 1.165) is 11.3 Å². The van der Waals surface area contributed by atoms with Crippen LogP contribution in [0.2, 0.25) is 0 Å². The zero-order valence-electron chi connectivity index (χ0n) is 14.7. The van der Waals surface area contributed by atoms with Gasteiger partial charge in [0.2, 0.25) is 10.0 Å². The average Bonchev–Trinajstić information content (AvgIpc) is 2.99. The van der Waals surface area contributed by atoms with E-state index >= 15 is 0 Å². The van der Waals surface area contributed by atoms with Gasteiger partial charge < -0.3 is 4.57 Å². The number of thiazole rings is 1. The SMILES string of the molecule is C#CCn1c(=NC(=O)CSCc2ccccc2)sc2cc(S(N)(=O)=O)ccc21. The van der Waals surface area contributed by atoms with E-state index in [9.17, 15) is 13.2 Å². The third-order valence-corrected chi connectivity index (χ3v) is 6.73. The highest BCUT2D eigenvalue weighted by Gasteiger charge is 2.13. The highest BCUT2D eigenvalue weighted by molar-refractivity contribution is 7.99. The monoisotopic (exact) mass is 431 g/mol. The molecule has 1 aromatic heterocycles. The number of amides is 1. The standard InChI is InChI=1S/C19H17N3O3S3/c1-2-10-22-16-9-8-15(28(20,24)25)11-17(16)27-19(22)21-18(23)13-26-12-14-6-4-3-5-7-14/h1,3-9,11H,10,12-13H2,(H2,20,24,25). The molecule has 144 valence electrons. The van der Waals surface area contributed by atoms with Crippen LogP contribution < -0.4 is 9.94 Å². The molecule has 1 heterocycles. The molecule has 0 radical (unpaired) electrons. The molecule has 0 unspecified atom stereocenters. The third-order valence-electron chi connectivity index (χ3n) is 3.79. The van der Waals surface area contributed by atoms with Crippen molar-refractivity contribution in [2.75, 3.05) is 5.75 Å². The van der Waals surface area contributed by atoms with Crippen molar-refractivity contribution in [1.82, 2.24) is 4.57 Å². The summed E-state index contributed by atoms with van der Waals surface area (Å²) in [7, 11) is -3.82. The van der Waals surface area contributed by atoms with E-state index in [1.807, 2.05) is 30.3 Å². The quantitative estimate of drug-likeness (QED) is 0.606. The zero-order chi connectivity index (χ0) is 20.1. The number of sulfonamides is 1. The molecule has 6 nitrogen and oxygen atoms in total. The van der Waals surface area contributed by atoms with E-state index in [4.69, 9.17) is 11.6 Å². The predicted molar refractivity (Wildman–Crippen MR) is 113 cm³/mol. The van der Waals surface area contributed by atoms with Gasteiger partial charge in [-0.05, 0) is 23.8 Å². The van der Waals surface area contributed by atoms with Gasteiger partial charge >= 0.3 is 0 Å². The summed E-state index contributed by atoms with van der Waals surface area (Å²) in [6, 6.07) is 14.4. The summed E-state index contributed by atoms with van der Waals surface area (Å²) in [5.74, 6) is 3.22. The number of hydrogen-bond acceptors (Lipinski definition) is 5. The third kappa shape index (κ3) is 4.91. The molecule has 0 aliphatic rings. The number of rotatable bonds is 6. The first kappa shape index (κ1) is 20.4. The van der Waals surface area contributed by atoms with E-state index in [0.29, 0.717) is 15.0 Å². The lowest BCUT2D eigenvalue weighted by molar-refractivity contribution is -0.115. The van der Waals surface area contributed by atoms with Gasteiger partial charge in [-0.3, -0.25) is 4.79 Å². The van der Waals surface area contributed by atoms with Gasteiger partial charge in [0.1, 0.15) is 0 Å². The molecule has 0 bridgehead atoms. The van der Waals surface area contributed by atoms with Crippen LogP contribution in [0.15, 0.2) is 58.4 Å². The molecule has 2 N–H and O–H groups in total. The Morgan fingerprint density at radius 3 is 2.68 bits per heavy atom. The van der Waals surface area contributed by atoms with Crippen LogP contribution in [0.1, 0.15) is 5.56 Å². The summed E-state index contributed by atoms with van der Waals surface area (Å²) in [5, 5.41) is 5.19. The number of thioether (sulfide) groups is 1. The summed E-state index contributed by atoms with van der Waals surface area (Å²) < 4.78 is 25.5. The molecule has 3 rings (SSSR count). The summed E-state index contributed by atoms with van der Waals surface area (Å²) in [4.78, 5) is 16.9. The Balaban J connectivity index is 1.86. The van der Waals surface area contributed by atoms with Crippen LogP contribution in [0.5, 0.6) is 0 Å². The van der Waals surface area contributed by atoms with Crippen molar-refractivity contribution in [3.8, 4) is 12.3 Å². The fourth-order valence-corrected chi connectivity index (χ4v) is 5.00. The number of nitrogens with two attached hydrogens (primary N) is 1. The maximum absolute atomic E-state index is 12.3. The number of aromatic nitrogens is 1. The van der Waals surface area contributed by atoms with Gasteiger partial charge in [-0.1, -0.05) is 47.6 Å². The van der Waals surface area contributed by atoms with Crippen LogP contribution in [-0.2, 0) is 27.1 Å². The van der Waals surface area contributed by atoms with Gasteiger partial charge in [0, 0.05) is 5.75 Å². The highest BCUT2D eigenvalue weighted by atomic mass is 32.2. The summed E-state index contributed by atoms with van der Waals surface area (Å²) in [5.41, 5.74) is 1.85. The second-order valence-corrected chi connectivity index (χ2v) is 9.39. The zero-order valence-corrected chi connectivity index (χ0v) is 17.2. The van der Waals surface area contributed by atoms with Crippen LogP contribution in [0.3, 0.4) is 0 Å². The first-order chi connectivity index (χ1) is 13.4. The Kier molecular flexibility index (Phi) is 6.36. The summed E-state index contributed by atoms with van der Waals surface area (Å²) >= 11 is 2.68. The number of carbonyl (C=O) groups is 1. The van der Waals surface area contributed by atoms with E-state index in [1.165, 1.54) is 35.2 Å². The van der Waals surface area contributed by atoms with Crippen molar-refractivity contribution in [3.05, 3.63) is 58.9 Å². The predicted octanol–water partition coefficient (Wildman–Crippen LogP) is 2.34. The van der Waals surface area contributed by atoms with Gasteiger partial charge in [0.15, 0.2) is 4.80 Å². The van der Waals surface area contributed by atoms with Crippen LogP contribution in [0.25, 0.3) is 10.2 Å². The molecule has 0 aliphatic carbocycles. The van der Waals surface area contributed by atoms with Crippen LogP contribution >= 0.6 is 23.1 Å². The lowest BCUT2D eigenvalue weighted by Gasteiger charge is -2.01. The number of benzene rings is 2. The van der Waals surface area contributed by atoms with Gasteiger partial charge in [0.05, 0.1) is 27.4 Å². The normalized spacial score (nSPS) is 12.2. The van der Waals surface area contributed by atoms with Crippen molar-refractivity contribution >= 4 is 49.2 Å². The van der Waals surface area contributed by atoms with Crippen molar-refractivity contribution < 1.29 is 13.2 Å². The van der Waals surface area contributed by atoms with Crippen molar-refractivity contribution in [1.29, 1.82) is 0 Å². The second kappa shape index (κ2) is 8.75. The summed E-state index contributed by atoms with van der Waals surface area (Å²) in [6.07, 6.45) is 5.44. The maximum Gasteiger partial charge on any atom is 0.258 e. The number of primary sulfonamides is 1. The number of fused-ring (bicyclic) bond motifs is 1. The summed E-state index contributed by atoms with van der Waals surface area (Å²) in [6.45, 7) is 0.220. The minimum Gasteiger partial charge on any atom is -0.305 e. The number of carbonyl (C=O) groups excluding carboxylic acids is 1. The van der Waals surface area contributed by atoms with Crippen LogP contribution in [0, 0.1) is 12.3 Å². The molecule has 0 saturated carbocycles. The first-order valence-corrected chi connectivity index (χ1v) is 11.7. The number of terminal acetylenes is 1. The lowest BCUT2D eigenvalue weighted by atomic mass is 10.2. The van der Waals surface area contributed by atoms with Crippen molar-refractivity contribution in [3.63, 3.8) is 0 Å².